The van der Waals surface area contributed by atoms with Crippen LogP contribution < -0.4 is 5.32 Å². The first-order valence-electron chi connectivity index (χ1n) is 5.84. The van der Waals surface area contributed by atoms with Crippen molar-refractivity contribution < 1.29 is 4.39 Å². The zero-order valence-corrected chi connectivity index (χ0v) is 9.91. The fourth-order valence-electron chi connectivity index (χ4n) is 2.23. The molecule has 3 nitrogen and oxygen atoms in total. The molecule has 1 aromatic carbocycles. The van der Waals surface area contributed by atoms with Crippen molar-refractivity contribution in [3.63, 3.8) is 0 Å². The number of hydrogen-bond acceptors (Lipinski definition) is 3. The molecular weight excluding hydrogens is 217 g/mol. The Morgan fingerprint density at radius 3 is 3.00 bits per heavy atom. The molecule has 2 rings (SSSR count). The first kappa shape index (κ1) is 11.9. The zero-order valence-electron chi connectivity index (χ0n) is 9.91. The number of hydrogen-bond donors (Lipinski definition) is 1. The number of nitrogens with zero attached hydrogens (tertiary/aromatic N) is 2. The van der Waals surface area contributed by atoms with Crippen LogP contribution in [0.3, 0.4) is 0 Å². The van der Waals surface area contributed by atoms with Crippen LogP contribution in [0, 0.1) is 17.1 Å². The van der Waals surface area contributed by atoms with E-state index in [1.807, 2.05) is 6.07 Å². The highest BCUT2D eigenvalue weighted by Crippen LogP contribution is 2.17. The highest BCUT2D eigenvalue weighted by molar-refractivity contribution is 5.49. The molecule has 0 radical (unpaired) electrons. The number of benzene rings is 1. The van der Waals surface area contributed by atoms with E-state index in [2.05, 4.69) is 17.3 Å². The van der Waals surface area contributed by atoms with Crippen molar-refractivity contribution in [3.8, 4) is 6.07 Å². The second-order valence-corrected chi connectivity index (χ2v) is 4.50. The lowest BCUT2D eigenvalue weighted by atomic mass is 10.2. The summed E-state index contributed by atoms with van der Waals surface area (Å²) in [5.41, 5.74) is 1.04. The number of likely N-dealkylation sites (N-methyl/N-ethyl adjacent to an activating group) is 1. The molecule has 1 N–H and O–H groups in total. The maximum Gasteiger partial charge on any atom is 0.126 e. The van der Waals surface area contributed by atoms with Crippen LogP contribution >= 0.6 is 0 Å². The summed E-state index contributed by atoms with van der Waals surface area (Å²) in [4.78, 5) is 2.30. The van der Waals surface area contributed by atoms with E-state index in [4.69, 9.17) is 5.26 Å². The van der Waals surface area contributed by atoms with Gasteiger partial charge in [0.2, 0.25) is 0 Å². The van der Waals surface area contributed by atoms with Crippen LogP contribution in [-0.2, 0) is 0 Å². The van der Waals surface area contributed by atoms with Crippen molar-refractivity contribution in [1.82, 2.24) is 4.90 Å². The average molecular weight is 233 g/mol. The molecule has 0 aromatic heterocycles. The lowest BCUT2D eigenvalue weighted by Gasteiger charge is -2.20. The molecular formula is C13H16FN3. The van der Waals surface area contributed by atoms with Gasteiger partial charge in [0, 0.05) is 18.3 Å². The zero-order chi connectivity index (χ0) is 12.3. The van der Waals surface area contributed by atoms with Gasteiger partial charge in [-0.1, -0.05) is 0 Å². The van der Waals surface area contributed by atoms with E-state index in [9.17, 15) is 4.39 Å². The lowest BCUT2D eigenvalue weighted by molar-refractivity contribution is 0.322. The average Bonchev–Trinajstić information content (AvgIpc) is 2.71. The summed E-state index contributed by atoms with van der Waals surface area (Å²) in [6.45, 7) is 1.92. The fraction of sp³-hybridized carbons (Fsp3) is 0.462. The molecule has 0 amide bonds. The van der Waals surface area contributed by atoms with Gasteiger partial charge in [0.05, 0.1) is 11.6 Å². The Labute approximate surface area is 101 Å². The quantitative estimate of drug-likeness (QED) is 0.870. The number of nitriles is 1. The van der Waals surface area contributed by atoms with Crippen molar-refractivity contribution in [2.75, 3.05) is 25.5 Å². The summed E-state index contributed by atoms with van der Waals surface area (Å²) >= 11 is 0. The van der Waals surface area contributed by atoms with E-state index in [0.717, 1.165) is 13.1 Å². The summed E-state index contributed by atoms with van der Waals surface area (Å²) in [6.07, 6.45) is 2.39. The third kappa shape index (κ3) is 2.95. The number of nitrogens with one attached hydrogen (secondary N) is 1. The molecule has 1 heterocycles. The third-order valence-electron chi connectivity index (χ3n) is 3.24. The summed E-state index contributed by atoms with van der Waals surface area (Å²) < 4.78 is 13.2. The van der Waals surface area contributed by atoms with Gasteiger partial charge in [-0.2, -0.15) is 5.26 Å². The monoisotopic (exact) mass is 233 g/mol. The smallest absolute Gasteiger partial charge is 0.126 e. The van der Waals surface area contributed by atoms with E-state index in [0.29, 0.717) is 17.3 Å². The van der Waals surface area contributed by atoms with Crippen LogP contribution in [0.15, 0.2) is 18.2 Å². The Hall–Kier alpha value is -1.60. The van der Waals surface area contributed by atoms with Gasteiger partial charge in [-0.15, -0.1) is 0 Å². The summed E-state index contributed by atoms with van der Waals surface area (Å²) in [6, 6.07) is 6.81. The number of anilines is 1. The van der Waals surface area contributed by atoms with Gasteiger partial charge in [0.25, 0.3) is 0 Å². The predicted molar refractivity (Wildman–Crippen MR) is 65.3 cm³/mol. The normalized spacial score (nSPS) is 20.2. The molecule has 1 aliphatic heterocycles. The van der Waals surface area contributed by atoms with Crippen LogP contribution in [0.5, 0.6) is 0 Å². The lowest BCUT2D eigenvalue weighted by Crippen LogP contribution is -2.31. The summed E-state index contributed by atoms with van der Waals surface area (Å²) in [5.74, 6) is -0.369. The van der Waals surface area contributed by atoms with E-state index in [1.165, 1.54) is 25.0 Å². The topological polar surface area (TPSA) is 39.1 Å². The van der Waals surface area contributed by atoms with Crippen molar-refractivity contribution in [2.45, 2.75) is 18.9 Å². The first-order valence-corrected chi connectivity index (χ1v) is 5.84. The number of likely N-dealkylation sites (tertiary alicyclic amines) is 1. The molecule has 1 aromatic rings. The van der Waals surface area contributed by atoms with Crippen molar-refractivity contribution in [2.24, 2.45) is 0 Å². The Morgan fingerprint density at radius 2 is 2.35 bits per heavy atom. The van der Waals surface area contributed by atoms with Crippen molar-refractivity contribution >= 4 is 5.69 Å². The molecule has 1 unspecified atom stereocenters. The Kier molecular flexibility index (Phi) is 3.60. The fourth-order valence-corrected chi connectivity index (χ4v) is 2.23. The third-order valence-corrected chi connectivity index (χ3v) is 3.24. The van der Waals surface area contributed by atoms with Gasteiger partial charge >= 0.3 is 0 Å². The van der Waals surface area contributed by atoms with E-state index >= 15 is 0 Å². The van der Waals surface area contributed by atoms with Crippen LogP contribution in [0.2, 0.25) is 0 Å². The minimum absolute atomic E-state index is 0.354. The molecule has 0 spiro atoms. The Morgan fingerprint density at radius 1 is 1.53 bits per heavy atom. The largest absolute Gasteiger partial charge is 0.383 e. The number of rotatable bonds is 3. The van der Waals surface area contributed by atoms with Crippen LogP contribution in [0.4, 0.5) is 10.1 Å². The molecule has 1 saturated heterocycles. The second-order valence-electron chi connectivity index (χ2n) is 4.50. The van der Waals surface area contributed by atoms with Gasteiger partial charge in [0.15, 0.2) is 0 Å². The minimum atomic E-state index is -0.369. The van der Waals surface area contributed by atoms with Gasteiger partial charge in [-0.05, 0) is 44.6 Å². The second kappa shape index (κ2) is 5.15. The van der Waals surface area contributed by atoms with E-state index < -0.39 is 0 Å². The van der Waals surface area contributed by atoms with Gasteiger partial charge in [-0.3, -0.25) is 0 Å². The standard InChI is InChI=1S/C13H16FN3/c1-17-4-2-3-13(17)9-16-12-6-10(8-15)5-11(14)7-12/h5-7,13,16H,2-4,9H2,1H3. The molecule has 1 fully saturated rings. The highest BCUT2D eigenvalue weighted by atomic mass is 19.1. The molecule has 1 aliphatic rings. The Bertz CT molecular complexity index is 439. The number of halogens is 1. The molecule has 90 valence electrons. The molecule has 0 saturated carbocycles. The SMILES string of the molecule is CN1CCCC1CNc1cc(F)cc(C#N)c1. The van der Waals surface area contributed by atoms with Crippen molar-refractivity contribution in [1.29, 1.82) is 5.26 Å². The highest BCUT2D eigenvalue weighted by Gasteiger charge is 2.20. The molecule has 0 bridgehead atoms. The molecule has 4 heteroatoms. The van der Waals surface area contributed by atoms with Gasteiger partial charge in [-0.25, -0.2) is 4.39 Å². The summed E-state index contributed by atoms with van der Waals surface area (Å²) in [7, 11) is 2.10. The van der Waals surface area contributed by atoms with E-state index in [-0.39, 0.29) is 5.82 Å². The van der Waals surface area contributed by atoms with Crippen LogP contribution in [0.25, 0.3) is 0 Å². The van der Waals surface area contributed by atoms with E-state index in [1.54, 1.807) is 6.07 Å². The molecule has 0 aliphatic carbocycles. The first-order chi connectivity index (χ1) is 8.19. The summed E-state index contributed by atoms with van der Waals surface area (Å²) in [5, 5.41) is 12.0. The van der Waals surface area contributed by atoms with Crippen LogP contribution in [0.1, 0.15) is 18.4 Å². The van der Waals surface area contributed by atoms with Crippen LogP contribution in [-0.4, -0.2) is 31.1 Å². The predicted octanol–water partition coefficient (Wildman–Crippen LogP) is 2.20. The van der Waals surface area contributed by atoms with Gasteiger partial charge in [0.1, 0.15) is 5.82 Å². The maximum absolute atomic E-state index is 13.2. The van der Waals surface area contributed by atoms with Crippen molar-refractivity contribution in [3.05, 3.63) is 29.6 Å². The maximum atomic E-state index is 13.2. The van der Waals surface area contributed by atoms with Gasteiger partial charge < -0.3 is 10.2 Å². The molecule has 17 heavy (non-hydrogen) atoms. The minimum Gasteiger partial charge on any atom is -0.383 e. The molecule has 1 atom stereocenters. The Balaban J connectivity index is 1.99.